The number of halogens is 2. The van der Waals surface area contributed by atoms with Crippen molar-refractivity contribution >= 4 is 5.69 Å². The molecule has 1 aliphatic rings. The van der Waals surface area contributed by atoms with E-state index < -0.39 is 5.67 Å². The first kappa shape index (κ1) is 11.3. The highest BCUT2D eigenvalue weighted by molar-refractivity contribution is 5.43. The third-order valence-electron chi connectivity index (χ3n) is 3.04. The van der Waals surface area contributed by atoms with E-state index in [-0.39, 0.29) is 18.4 Å². The Balaban J connectivity index is 1.90. The number of alkyl halides is 1. The van der Waals surface area contributed by atoms with E-state index >= 15 is 0 Å². The summed E-state index contributed by atoms with van der Waals surface area (Å²) in [6.45, 7) is 0.242. The smallest absolute Gasteiger partial charge is 0.129 e. The summed E-state index contributed by atoms with van der Waals surface area (Å²) in [6, 6.07) is 5.89. The van der Waals surface area contributed by atoms with E-state index in [1.165, 1.54) is 12.1 Å². The van der Waals surface area contributed by atoms with Gasteiger partial charge >= 0.3 is 0 Å². The molecule has 3 N–H and O–H groups in total. The SMILES string of the molecule is NC1CCC(F)(CNc2ccc(F)cc2)C1. The van der Waals surface area contributed by atoms with Crippen molar-refractivity contribution in [3.8, 4) is 0 Å². The summed E-state index contributed by atoms with van der Waals surface area (Å²) in [7, 11) is 0. The van der Waals surface area contributed by atoms with Crippen LogP contribution in [0.3, 0.4) is 0 Å². The fourth-order valence-electron chi connectivity index (χ4n) is 2.11. The van der Waals surface area contributed by atoms with Gasteiger partial charge in [0.15, 0.2) is 0 Å². The Morgan fingerprint density at radius 3 is 2.62 bits per heavy atom. The number of nitrogens with two attached hydrogens (primary N) is 1. The Hall–Kier alpha value is -1.16. The first-order valence-electron chi connectivity index (χ1n) is 5.51. The minimum atomic E-state index is -1.21. The van der Waals surface area contributed by atoms with Crippen LogP contribution in [-0.2, 0) is 0 Å². The van der Waals surface area contributed by atoms with Crippen LogP contribution in [0, 0.1) is 5.82 Å². The topological polar surface area (TPSA) is 38.0 Å². The van der Waals surface area contributed by atoms with Gasteiger partial charge in [0.05, 0.1) is 0 Å². The Morgan fingerprint density at radius 2 is 2.06 bits per heavy atom. The fraction of sp³-hybridized carbons (Fsp3) is 0.500. The van der Waals surface area contributed by atoms with Gasteiger partial charge in [0.2, 0.25) is 0 Å². The van der Waals surface area contributed by atoms with Crippen molar-refractivity contribution in [3.63, 3.8) is 0 Å². The summed E-state index contributed by atoms with van der Waals surface area (Å²) in [5, 5.41) is 2.98. The van der Waals surface area contributed by atoms with Crippen molar-refractivity contribution in [2.24, 2.45) is 5.73 Å². The third kappa shape index (κ3) is 2.70. The molecular weight excluding hydrogens is 210 g/mol. The van der Waals surface area contributed by atoms with E-state index in [4.69, 9.17) is 5.73 Å². The molecule has 0 radical (unpaired) electrons. The van der Waals surface area contributed by atoms with Crippen LogP contribution in [0.25, 0.3) is 0 Å². The highest BCUT2D eigenvalue weighted by Gasteiger charge is 2.37. The van der Waals surface area contributed by atoms with Crippen molar-refractivity contribution in [2.75, 3.05) is 11.9 Å². The number of hydrogen-bond donors (Lipinski definition) is 2. The number of nitrogens with one attached hydrogen (secondary N) is 1. The maximum Gasteiger partial charge on any atom is 0.129 e. The van der Waals surface area contributed by atoms with Crippen LogP contribution in [0.1, 0.15) is 19.3 Å². The van der Waals surface area contributed by atoms with Gasteiger partial charge in [-0.1, -0.05) is 0 Å². The summed E-state index contributed by atoms with van der Waals surface area (Å²) in [5.41, 5.74) is 5.20. The van der Waals surface area contributed by atoms with Crippen LogP contribution >= 0.6 is 0 Å². The maximum absolute atomic E-state index is 14.1. The zero-order chi connectivity index (χ0) is 11.6. The molecule has 0 aromatic heterocycles. The molecule has 2 unspecified atom stereocenters. The van der Waals surface area contributed by atoms with Crippen LogP contribution in [0.4, 0.5) is 14.5 Å². The lowest BCUT2D eigenvalue weighted by Gasteiger charge is -2.20. The van der Waals surface area contributed by atoms with Gasteiger partial charge in [-0.05, 0) is 43.5 Å². The van der Waals surface area contributed by atoms with Crippen molar-refractivity contribution in [2.45, 2.75) is 31.0 Å². The van der Waals surface area contributed by atoms with Crippen molar-refractivity contribution < 1.29 is 8.78 Å². The quantitative estimate of drug-likeness (QED) is 0.830. The Bertz CT molecular complexity index is 353. The number of anilines is 1. The van der Waals surface area contributed by atoms with Gasteiger partial charge in [-0.15, -0.1) is 0 Å². The van der Waals surface area contributed by atoms with Gasteiger partial charge in [-0.3, -0.25) is 0 Å². The molecule has 0 heterocycles. The van der Waals surface area contributed by atoms with Gasteiger partial charge in [0, 0.05) is 18.3 Å². The largest absolute Gasteiger partial charge is 0.382 e. The molecule has 16 heavy (non-hydrogen) atoms. The second-order valence-corrected chi connectivity index (χ2v) is 4.51. The number of hydrogen-bond acceptors (Lipinski definition) is 2. The summed E-state index contributed by atoms with van der Waals surface area (Å²) in [5.74, 6) is -0.289. The summed E-state index contributed by atoms with van der Waals surface area (Å²) in [4.78, 5) is 0. The molecule has 2 nitrogen and oxygen atoms in total. The van der Waals surface area contributed by atoms with Gasteiger partial charge in [0.25, 0.3) is 0 Å². The van der Waals surface area contributed by atoms with E-state index in [2.05, 4.69) is 5.32 Å². The second kappa shape index (κ2) is 4.37. The van der Waals surface area contributed by atoms with Crippen LogP contribution in [0.15, 0.2) is 24.3 Å². The van der Waals surface area contributed by atoms with Gasteiger partial charge in [-0.25, -0.2) is 8.78 Å². The molecular formula is C12H16F2N2. The summed E-state index contributed by atoms with van der Waals surface area (Å²) >= 11 is 0. The average Bonchev–Trinajstić information content (AvgIpc) is 2.59. The lowest BCUT2D eigenvalue weighted by atomic mass is 10.0. The predicted octanol–water partition coefficient (Wildman–Crippen LogP) is 2.46. The highest BCUT2D eigenvalue weighted by atomic mass is 19.1. The normalized spacial score (nSPS) is 29.3. The van der Waals surface area contributed by atoms with E-state index in [0.29, 0.717) is 12.8 Å². The number of rotatable bonds is 3. The van der Waals surface area contributed by atoms with Crippen LogP contribution in [0.5, 0.6) is 0 Å². The molecule has 1 aromatic carbocycles. The average molecular weight is 226 g/mol. The molecule has 1 aliphatic carbocycles. The molecule has 1 aromatic rings. The Morgan fingerprint density at radius 1 is 1.38 bits per heavy atom. The Kier molecular flexibility index (Phi) is 3.10. The minimum absolute atomic E-state index is 0.0278. The first-order chi connectivity index (χ1) is 7.57. The number of benzene rings is 1. The Labute approximate surface area is 93.8 Å². The van der Waals surface area contributed by atoms with Crippen LogP contribution < -0.4 is 11.1 Å². The molecule has 4 heteroatoms. The summed E-state index contributed by atoms with van der Waals surface area (Å²) in [6.07, 6.45) is 1.64. The monoisotopic (exact) mass is 226 g/mol. The fourth-order valence-corrected chi connectivity index (χ4v) is 2.11. The zero-order valence-corrected chi connectivity index (χ0v) is 9.05. The highest BCUT2D eigenvalue weighted by Crippen LogP contribution is 2.32. The minimum Gasteiger partial charge on any atom is -0.382 e. The lowest BCUT2D eigenvalue weighted by molar-refractivity contribution is 0.187. The van der Waals surface area contributed by atoms with Crippen molar-refractivity contribution in [1.82, 2.24) is 0 Å². The first-order valence-corrected chi connectivity index (χ1v) is 5.51. The lowest BCUT2D eigenvalue weighted by Crippen LogP contribution is -2.31. The molecule has 1 saturated carbocycles. The van der Waals surface area contributed by atoms with Crippen LogP contribution in [0.2, 0.25) is 0 Å². The van der Waals surface area contributed by atoms with Gasteiger partial charge in [0.1, 0.15) is 11.5 Å². The van der Waals surface area contributed by atoms with E-state index in [9.17, 15) is 8.78 Å². The van der Waals surface area contributed by atoms with Crippen molar-refractivity contribution in [1.29, 1.82) is 0 Å². The van der Waals surface area contributed by atoms with Gasteiger partial charge < -0.3 is 11.1 Å². The van der Waals surface area contributed by atoms with Crippen molar-refractivity contribution in [3.05, 3.63) is 30.1 Å². The molecule has 88 valence electrons. The van der Waals surface area contributed by atoms with Gasteiger partial charge in [-0.2, -0.15) is 0 Å². The van der Waals surface area contributed by atoms with E-state index in [0.717, 1.165) is 12.1 Å². The predicted molar refractivity (Wildman–Crippen MR) is 60.6 cm³/mol. The molecule has 0 spiro atoms. The third-order valence-corrected chi connectivity index (χ3v) is 3.04. The van der Waals surface area contributed by atoms with E-state index in [1.807, 2.05) is 0 Å². The standard InChI is InChI=1S/C12H16F2N2/c13-9-1-3-11(4-2-9)16-8-12(14)6-5-10(15)7-12/h1-4,10,16H,5-8,15H2. The van der Waals surface area contributed by atoms with Crippen LogP contribution in [-0.4, -0.2) is 18.3 Å². The molecule has 0 aliphatic heterocycles. The van der Waals surface area contributed by atoms with E-state index in [1.54, 1.807) is 12.1 Å². The second-order valence-electron chi connectivity index (χ2n) is 4.51. The molecule has 0 saturated heterocycles. The molecule has 1 fully saturated rings. The maximum atomic E-state index is 14.1. The molecule has 0 bridgehead atoms. The molecule has 2 atom stereocenters. The summed E-state index contributed by atoms with van der Waals surface area (Å²) < 4.78 is 26.7. The zero-order valence-electron chi connectivity index (χ0n) is 9.05. The molecule has 0 amide bonds. The molecule has 2 rings (SSSR count).